The van der Waals surface area contributed by atoms with E-state index in [4.69, 9.17) is 19.9 Å². The number of aliphatic hydroxyl groups is 2. The maximum absolute atomic E-state index is 11.0. The average Bonchev–Trinajstić information content (AvgIpc) is 2.91. The van der Waals surface area contributed by atoms with Gasteiger partial charge in [0.1, 0.15) is 12.4 Å². The minimum Gasteiger partial charge on any atom is -0.508 e. The summed E-state index contributed by atoms with van der Waals surface area (Å²) in [4.78, 5) is 11.0. The molecule has 0 fully saturated rings. The molecule has 0 spiro atoms. The third-order valence-electron chi connectivity index (χ3n) is 6.08. The normalized spacial score (nSPS) is 15.2. The van der Waals surface area contributed by atoms with Crippen LogP contribution in [0.15, 0.2) is 60.7 Å². The van der Waals surface area contributed by atoms with Crippen LogP contribution < -0.4 is 25.8 Å². The Hall–Kier alpha value is -3.83. The molecular formula is C28H33N3O7. The van der Waals surface area contributed by atoms with E-state index in [-0.39, 0.29) is 18.5 Å². The third-order valence-corrected chi connectivity index (χ3v) is 6.08. The number of rotatable bonds is 12. The summed E-state index contributed by atoms with van der Waals surface area (Å²) in [5.74, 6) is 1.36. The van der Waals surface area contributed by atoms with E-state index in [0.717, 1.165) is 17.5 Å². The summed E-state index contributed by atoms with van der Waals surface area (Å²) in [6.07, 6.45) is -0.298. The molecule has 3 aromatic carbocycles. The Balaban J connectivity index is 1.21. The first-order valence-electron chi connectivity index (χ1n) is 12.4. The number of phenols is 1. The number of hydrogen-bond acceptors (Lipinski definition) is 8. The van der Waals surface area contributed by atoms with Crippen molar-refractivity contribution in [3.05, 3.63) is 82.9 Å². The highest BCUT2D eigenvalue weighted by atomic mass is 16.6. The number of nitrogens with two attached hydrogens (primary N) is 1. The summed E-state index contributed by atoms with van der Waals surface area (Å²) < 4.78 is 17.7. The van der Waals surface area contributed by atoms with Crippen molar-refractivity contribution in [2.75, 3.05) is 31.6 Å². The number of fused-ring (bicyclic) bond motifs is 1. The van der Waals surface area contributed by atoms with E-state index >= 15 is 0 Å². The molecule has 1 heterocycles. The van der Waals surface area contributed by atoms with Crippen LogP contribution >= 0.6 is 0 Å². The van der Waals surface area contributed by atoms with Gasteiger partial charge in [0.25, 0.3) is 0 Å². The minimum atomic E-state index is -0.760. The number of ether oxygens (including phenoxy) is 3. The molecule has 2 amide bonds. The molecule has 0 saturated heterocycles. The molecule has 10 nitrogen and oxygen atoms in total. The smallest absolute Gasteiger partial charge is 0.316 e. The van der Waals surface area contributed by atoms with Crippen LogP contribution in [-0.4, -0.2) is 53.8 Å². The quantitative estimate of drug-likeness (QED) is 0.198. The zero-order chi connectivity index (χ0) is 26.9. The lowest BCUT2D eigenvalue weighted by atomic mass is 10.1. The lowest BCUT2D eigenvalue weighted by Crippen LogP contribution is -2.33. The fourth-order valence-corrected chi connectivity index (χ4v) is 4.12. The summed E-state index contributed by atoms with van der Waals surface area (Å²) in [7, 11) is 0. The maximum atomic E-state index is 11.0. The molecule has 2 atom stereocenters. The summed E-state index contributed by atoms with van der Waals surface area (Å²) in [6, 6.07) is 17.2. The van der Waals surface area contributed by atoms with E-state index in [0.29, 0.717) is 61.2 Å². The number of nitrogens with one attached hydrogen (secondary N) is 2. The number of benzene rings is 3. The second kappa shape index (κ2) is 13.1. The largest absolute Gasteiger partial charge is 0.508 e. The number of hydrogen-bond donors (Lipinski definition) is 6. The Morgan fingerprint density at radius 1 is 1.11 bits per heavy atom. The van der Waals surface area contributed by atoms with E-state index in [1.807, 2.05) is 30.3 Å². The van der Waals surface area contributed by atoms with Crippen LogP contribution in [0.25, 0.3) is 0 Å². The van der Waals surface area contributed by atoms with Crippen LogP contribution in [-0.2, 0) is 24.4 Å². The van der Waals surface area contributed by atoms with Crippen LogP contribution in [0.5, 0.6) is 17.2 Å². The molecule has 38 heavy (non-hydrogen) atoms. The molecule has 1 aliphatic heterocycles. The first-order valence-corrected chi connectivity index (χ1v) is 12.4. The molecule has 7 N–H and O–H groups in total. The lowest BCUT2D eigenvalue weighted by Gasteiger charge is -2.27. The molecule has 4 rings (SSSR count). The topological polar surface area (TPSA) is 156 Å². The van der Waals surface area contributed by atoms with Gasteiger partial charge in [-0.1, -0.05) is 24.3 Å². The molecule has 0 bridgehead atoms. The van der Waals surface area contributed by atoms with Crippen molar-refractivity contribution in [1.29, 1.82) is 0 Å². The number of aromatic hydroxyl groups is 1. The SMILES string of the molecule is NC(=O)Nc1cccc(COC[C@@H]2COc3ccc(CCNC[C@@H](O)c4ccc(O)c(CO)c4)cc3O2)c1. The number of carbonyl (C=O) groups excluding carboxylic acids is 1. The number of aliphatic hydroxyl groups excluding tert-OH is 2. The van der Waals surface area contributed by atoms with E-state index in [2.05, 4.69) is 10.6 Å². The third kappa shape index (κ3) is 7.59. The molecule has 0 radical (unpaired) electrons. The summed E-state index contributed by atoms with van der Waals surface area (Å²) in [5.41, 5.74) is 8.73. The van der Waals surface area contributed by atoms with E-state index in [1.165, 1.54) is 6.07 Å². The van der Waals surface area contributed by atoms with Crippen LogP contribution in [0.3, 0.4) is 0 Å². The van der Waals surface area contributed by atoms with Gasteiger partial charge >= 0.3 is 6.03 Å². The Morgan fingerprint density at radius 2 is 1.97 bits per heavy atom. The summed E-state index contributed by atoms with van der Waals surface area (Å²) >= 11 is 0. The van der Waals surface area contributed by atoms with Gasteiger partial charge in [0, 0.05) is 17.8 Å². The van der Waals surface area contributed by atoms with Gasteiger partial charge in [0.05, 0.1) is 25.9 Å². The molecule has 0 saturated carbocycles. The van der Waals surface area contributed by atoms with Crippen molar-refractivity contribution in [3.63, 3.8) is 0 Å². The highest BCUT2D eigenvalue weighted by Crippen LogP contribution is 2.33. The highest BCUT2D eigenvalue weighted by molar-refractivity contribution is 5.87. The van der Waals surface area contributed by atoms with Gasteiger partial charge in [0.2, 0.25) is 0 Å². The monoisotopic (exact) mass is 523 g/mol. The fourth-order valence-electron chi connectivity index (χ4n) is 4.12. The number of anilines is 1. The van der Waals surface area contributed by atoms with E-state index in [1.54, 1.807) is 24.3 Å². The van der Waals surface area contributed by atoms with Gasteiger partial charge in [0.15, 0.2) is 17.6 Å². The number of urea groups is 1. The number of carbonyl (C=O) groups is 1. The molecular weight excluding hydrogens is 490 g/mol. The Bertz CT molecular complexity index is 1240. The number of amides is 2. The lowest BCUT2D eigenvalue weighted by molar-refractivity contribution is 0.00267. The Morgan fingerprint density at radius 3 is 2.79 bits per heavy atom. The highest BCUT2D eigenvalue weighted by Gasteiger charge is 2.21. The standard InChI is InChI=1S/C28H33N3O7/c29-28(35)31-22-3-1-2-19(10-22)15-36-16-23-17-37-26-7-4-18(11-27(26)38-23)8-9-30-13-25(34)20-5-6-24(33)21(12-20)14-32/h1-7,10-12,23,25,30,32-34H,8-9,13-17H2,(H3,29,31,35)/t23-,25-/m1/s1. The fraction of sp³-hybridized carbons (Fsp3) is 0.321. The second-order valence-corrected chi connectivity index (χ2v) is 9.05. The zero-order valence-corrected chi connectivity index (χ0v) is 20.9. The molecule has 202 valence electrons. The number of primary amides is 1. The van der Waals surface area contributed by atoms with Crippen LogP contribution in [0.4, 0.5) is 10.5 Å². The van der Waals surface area contributed by atoms with Gasteiger partial charge in [-0.3, -0.25) is 0 Å². The minimum absolute atomic E-state index is 0.00761. The van der Waals surface area contributed by atoms with Crippen molar-refractivity contribution in [2.45, 2.75) is 31.8 Å². The zero-order valence-electron chi connectivity index (χ0n) is 20.9. The Kier molecular flexibility index (Phi) is 9.39. The van der Waals surface area contributed by atoms with Gasteiger partial charge < -0.3 is 45.9 Å². The molecule has 1 aliphatic rings. The van der Waals surface area contributed by atoms with Crippen LogP contribution in [0.2, 0.25) is 0 Å². The Labute approximate surface area is 221 Å². The van der Waals surface area contributed by atoms with Crippen molar-refractivity contribution < 1.29 is 34.3 Å². The average molecular weight is 524 g/mol. The summed E-state index contributed by atoms with van der Waals surface area (Å²) in [5, 5.41) is 35.2. The van der Waals surface area contributed by atoms with Crippen molar-refractivity contribution in [1.82, 2.24) is 5.32 Å². The van der Waals surface area contributed by atoms with Gasteiger partial charge in [-0.05, 0) is 66.1 Å². The maximum Gasteiger partial charge on any atom is 0.316 e. The van der Waals surface area contributed by atoms with Crippen molar-refractivity contribution in [2.24, 2.45) is 5.73 Å². The first-order chi connectivity index (χ1) is 18.4. The molecule has 0 aliphatic carbocycles. The van der Waals surface area contributed by atoms with Crippen molar-refractivity contribution in [3.8, 4) is 17.2 Å². The molecule has 3 aromatic rings. The first kappa shape index (κ1) is 27.2. The van der Waals surface area contributed by atoms with Gasteiger partial charge in [-0.15, -0.1) is 0 Å². The van der Waals surface area contributed by atoms with Crippen LogP contribution in [0.1, 0.15) is 28.4 Å². The molecule has 0 unspecified atom stereocenters. The van der Waals surface area contributed by atoms with Crippen LogP contribution in [0, 0.1) is 0 Å². The van der Waals surface area contributed by atoms with E-state index in [9.17, 15) is 20.1 Å². The van der Waals surface area contributed by atoms with Gasteiger partial charge in [-0.25, -0.2) is 4.79 Å². The predicted molar refractivity (Wildman–Crippen MR) is 141 cm³/mol. The van der Waals surface area contributed by atoms with Gasteiger partial charge in [-0.2, -0.15) is 0 Å². The van der Waals surface area contributed by atoms with E-state index < -0.39 is 12.1 Å². The molecule has 10 heteroatoms. The summed E-state index contributed by atoms with van der Waals surface area (Å²) in [6.45, 7) is 1.75. The predicted octanol–water partition coefficient (Wildman–Crippen LogP) is 2.60. The second-order valence-electron chi connectivity index (χ2n) is 9.05. The molecule has 0 aromatic heterocycles. The van der Waals surface area contributed by atoms with Crippen molar-refractivity contribution >= 4 is 11.7 Å².